The zero-order valence-electron chi connectivity index (χ0n) is 10.7. The maximum absolute atomic E-state index is 8.99. The summed E-state index contributed by atoms with van der Waals surface area (Å²) in [6, 6.07) is 8.05. The van der Waals surface area contributed by atoms with Crippen LogP contribution in [0.4, 0.5) is 0 Å². The van der Waals surface area contributed by atoms with Crippen molar-refractivity contribution < 1.29 is 10.3 Å². The summed E-state index contributed by atoms with van der Waals surface area (Å²) in [4.78, 5) is 2.37. The molecule has 0 saturated carbocycles. The van der Waals surface area contributed by atoms with E-state index in [1.165, 1.54) is 5.56 Å². The predicted molar refractivity (Wildman–Crippen MR) is 70.6 cm³/mol. The standard InChI is InChI=1S/C14H20N2O2/c1-11-8-16(7-6-14(11)15-18)9-12-2-4-13(10-17)5-3-12/h2-5,11,17-18H,6-10H2,1H3/b15-14+. The van der Waals surface area contributed by atoms with Gasteiger partial charge in [0.25, 0.3) is 0 Å². The second kappa shape index (κ2) is 5.98. The number of oxime groups is 1. The lowest BCUT2D eigenvalue weighted by atomic mass is 9.97. The Kier molecular flexibility index (Phi) is 4.33. The van der Waals surface area contributed by atoms with Gasteiger partial charge >= 0.3 is 0 Å². The van der Waals surface area contributed by atoms with Gasteiger partial charge in [0.15, 0.2) is 0 Å². The molecular formula is C14H20N2O2. The third kappa shape index (κ3) is 3.09. The quantitative estimate of drug-likeness (QED) is 0.634. The van der Waals surface area contributed by atoms with Crippen molar-refractivity contribution in [1.29, 1.82) is 0 Å². The first kappa shape index (κ1) is 13.1. The molecule has 0 aromatic heterocycles. The van der Waals surface area contributed by atoms with Crippen LogP contribution in [0.1, 0.15) is 24.5 Å². The van der Waals surface area contributed by atoms with E-state index in [9.17, 15) is 0 Å². The normalized spacial score (nSPS) is 23.4. The minimum absolute atomic E-state index is 0.0946. The Morgan fingerprint density at radius 1 is 1.28 bits per heavy atom. The molecule has 1 aliphatic heterocycles. The van der Waals surface area contributed by atoms with E-state index in [-0.39, 0.29) is 6.61 Å². The van der Waals surface area contributed by atoms with Crippen LogP contribution in [0.2, 0.25) is 0 Å². The zero-order valence-corrected chi connectivity index (χ0v) is 10.7. The SMILES string of the molecule is CC1CN(Cc2ccc(CO)cc2)CC/C1=N\O. The molecule has 0 bridgehead atoms. The molecule has 0 spiro atoms. The molecule has 2 rings (SSSR count). The number of aliphatic hydroxyl groups excluding tert-OH is 1. The monoisotopic (exact) mass is 248 g/mol. The van der Waals surface area contributed by atoms with E-state index < -0.39 is 0 Å². The Bertz CT molecular complexity index is 414. The Hall–Kier alpha value is -1.39. The van der Waals surface area contributed by atoms with E-state index in [4.69, 9.17) is 10.3 Å². The Morgan fingerprint density at radius 2 is 1.94 bits per heavy atom. The summed E-state index contributed by atoms with van der Waals surface area (Å²) in [7, 11) is 0. The first-order valence-electron chi connectivity index (χ1n) is 6.34. The van der Waals surface area contributed by atoms with Crippen LogP contribution in [0, 0.1) is 5.92 Å². The Morgan fingerprint density at radius 3 is 2.50 bits per heavy atom. The van der Waals surface area contributed by atoms with Gasteiger partial charge in [-0.1, -0.05) is 36.3 Å². The summed E-state index contributed by atoms with van der Waals surface area (Å²) in [6.07, 6.45) is 0.840. The second-order valence-corrected chi connectivity index (χ2v) is 4.95. The molecule has 1 saturated heterocycles. The van der Waals surface area contributed by atoms with E-state index in [1.54, 1.807) is 0 Å². The molecule has 4 heteroatoms. The Labute approximate surface area is 108 Å². The van der Waals surface area contributed by atoms with Crippen molar-refractivity contribution >= 4 is 5.71 Å². The molecule has 0 amide bonds. The number of nitrogens with zero attached hydrogens (tertiary/aromatic N) is 2. The van der Waals surface area contributed by atoms with Crippen LogP contribution in [0.5, 0.6) is 0 Å². The van der Waals surface area contributed by atoms with Crippen molar-refractivity contribution in [3.63, 3.8) is 0 Å². The van der Waals surface area contributed by atoms with Crippen LogP contribution in [0.3, 0.4) is 0 Å². The van der Waals surface area contributed by atoms with Crippen molar-refractivity contribution in [3.8, 4) is 0 Å². The first-order chi connectivity index (χ1) is 8.72. The average molecular weight is 248 g/mol. The maximum Gasteiger partial charge on any atom is 0.0681 e. The highest BCUT2D eigenvalue weighted by Gasteiger charge is 2.22. The third-order valence-corrected chi connectivity index (χ3v) is 3.53. The molecule has 1 aromatic rings. The van der Waals surface area contributed by atoms with Crippen molar-refractivity contribution in [3.05, 3.63) is 35.4 Å². The lowest BCUT2D eigenvalue weighted by Gasteiger charge is -2.31. The van der Waals surface area contributed by atoms with Crippen molar-refractivity contribution in [2.75, 3.05) is 13.1 Å². The molecule has 98 valence electrons. The topological polar surface area (TPSA) is 56.1 Å². The highest BCUT2D eigenvalue weighted by atomic mass is 16.4. The van der Waals surface area contributed by atoms with E-state index in [0.29, 0.717) is 5.92 Å². The predicted octanol–water partition coefficient (Wildman–Crippen LogP) is 1.85. The number of benzene rings is 1. The van der Waals surface area contributed by atoms with Crippen LogP contribution in [-0.2, 0) is 13.2 Å². The van der Waals surface area contributed by atoms with Gasteiger partial charge in [-0.25, -0.2) is 0 Å². The van der Waals surface area contributed by atoms with Gasteiger partial charge in [0.05, 0.1) is 12.3 Å². The fourth-order valence-electron chi connectivity index (χ4n) is 2.40. The lowest BCUT2D eigenvalue weighted by Crippen LogP contribution is -2.39. The highest BCUT2D eigenvalue weighted by molar-refractivity contribution is 5.86. The summed E-state index contributed by atoms with van der Waals surface area (Å²) < 4.78 is 0. The highest BCUT2D eigenvalue weighted by Crippen LogP contribution is 2.16. The molecular weight excluding hydrogens is 228 g/mol. The molecule has 1 aromatic carbocycles. The van der Waals surface area contributed by atoms with Crippen LogP contribution in [0.25, 0.3) is 0 Å². The maximum atomic E-state index is 8.99. The van der Waals surface area contributed by atoms with E-state index in [0.717, 1.165) is 37.3 Å². The van der Waals surface area contributed by atoms with Crippen molar-refractivity contribution in [2.24, 2.45) is 11.1 Å². The summed E-state index contributed by atoms with van der Waals surface area (Å²) in [6.45, 7) is 4.97. The minimum atomic E-state index is 0.0946. The van der Waals surface area contributed by atoms with Gasteiger partial charge < -0.3 is 10.3 Å². The van der Waals surface area contributed by atoms with Gasteiger partial charge in [-0.05, 0) is 11.1 Å². The molecule has 0 aliphatic carbocycles. The number of rotatable bonds is 3. The molecule has 4 nitrogen and oxygen atoms in total. The molecule has 1 heterocycles. The van der Waals surface area contributed by atoms with E-state index in [2.05, 4.69) is 29.1 Å². The minimum Gasteiger partial charge on any atom is -0.411 e. The van der Waals surface area contributed by atoms with Crippen molar-refractivity contribution in [2.45, 2.75) is 26.5 Å². The third-order valence-electron chi connectivity index (χ3n) is 3.53. The van der Waals surface area contributed by atoms with E-state index in [1.807, 2.05) is 12.1 Å². The van der Waals surface area contributed by atoms with Gasteiger partial charge in [-0.15, -0.1) is 0 Å². The molecule has 1 fully saturated rings. The summed E-state index contributed by atoms with van der Waals surface area (Å²) in [5, 5.41) is 21.2. The fraction of sp³-hybridized carbons (Fsp3) is 0.500. The van der Waals surface area contributed by atoms with Gasteiger partial charge in [-0.2, -0.15) is 0 Å². The largest absolute Gasteiger partial charge is 0.411 e. The summed E-state index contributed by atoms with van der Waals surface area (Å²) in [5.74, 6) is 0.320. The van der Waals surface area contributed by atoms with Crippen LogP contribution in [-0.4, -0.2) is 34.0 Å². The van der Waals surface area contributed by atoms with Gasteiger partial charge in [0.2, 0.25) is 0 Å². The number of hydrogen-bond donors (Lipinski definition) is 2. The first-order valence-corrected chi connectivity index (χ1v) is 6.34. The lowest BCUT2D eigenvalue weighted by molar-refractivity contribution is 0.228. The number of likely N-dealkylation sites (tertiary alicyclic amines) is 1. The molecule has 1 atom stereocenters. The molecule has 1 unspecified atom stereocenters. The molecule has 18 heavy (non-hydrogen) atoms. The summed E-state index contributed by atoms with van der Waals surface area (Å²) in [5.41, 5.74) is 3.10. The van der Waals surface area contributed by atoms with E-state index >= 15 is 0 Å². The fourth-order valence-corrected chi connectivity index (χ4v) is 2.40. The second-order valence-electron chi connectivity index (χ2n) is 4.95. The number of aliphatic hydroxyl groups is 1. The molecule has 1 aliphatic rings. The smallest absolute Gasteiger partial charge is 0.0681 e. The van der Waals surface area contributed by atoms with Crippen LogP contribution >= 0.6 is 0 Å². The van der Waals surface area contributed by atoms with Crippen LogP contribution in [0.15, 0.2) is 29.4 Å². The van der Waals surface area contributed by atoms with Gasteiger partial charge in [-0.3, -0.25) is 4.90 Å². The number of hydrogen-bond acceptors (Lipinski definition) is 4. The van der Waals surface area contributed by atoms with Gasteiger partial charge in [0.1, 0.15) is 0 Å². The molecule has 2 N–H and O–H groups in total. The van der Waals surface area contributed by atoms with Gasteiger partial charge in [0, 0.05) is 32.0 Å². The summed E-state index contributed by atoms with van der Waals surface area (Å²) >= 11 is 0. The molecule has 0 radical (unpaired) electrons. The number of piperidine rings is 1. The Balaban J connectivity index is 1.94. The van der Waals surface area contributed by atoms with Crippen molar-refractivity contribution in [1.82, 2.24) is 4.90 Å². The average Bonchev–Trinajstić information content (AvgIpc) is 2.40. The zero-order chi connectivity index (χ0) is 13.0. The van der Waals surface area contributed by atoms with Crippen LogP contribution < -0.4 is 0 Å².